The molecule has 0 aliphatic heterocycles. The van der Waals surface area contributed by atoms with Crippen molar-refractivity contribution in [2.45, 2.75) is 20.1 Å². The van der Waals surface area contributed by atoms with Crippen LogP contribution in [0.1, 0.15) is 17.4 Å². The Morgan fingerprint density at radius 3 is 2.94 bits per heavy atom. The van der Waals surface area contributed by atoms with Crippen LogP contribution in [0.15, 0.2) is 36.4 Å². The molecule has 90 valence electrons. The molecule has 0 saturated carbocycles. The number of hydrogen-bond donors (Lipinski definition) is 1. The first-order chi connectivity index (χ1) is 8.36. The third kappa shape index (κ3) is 2.75. The summed E-state index contributed by atoms with van der Waals surface area (Å²) in [5.41, 5.74) is 7.03. The van der Waals surface area contributed by atoms with Crippen molar-refractivity contribution in [1.29, 1.82) is 0 Å². The monoisotopic (exact) mass is 247 g/mol. The molecule has 2 N–H and O–H groups in total. The number of ether oxygens (including phenoxy) is 1. The van der Waals surface area contributed by atoms with E-state index in [2.05, 4.69) is 24.3 Å². The summed E-state index contributed by atoms with van der Waals surface area (Å²) in [6.07, 6.45) is 4.01. The molecular weight excluding hydrogens is 230 g/mol. The maximum atomic E-state index is 5.79. The fourth-order valence-corrected chi connectivity index (χ4v) is 2.89. The van der Waals surface area contributed by atoms with Crippen molar-refractivity contribution >= 4 is 21.4 Å². The van der Waals surface area contributed by atoms with Gasteiger partial charge in [-0.15, -0.1) is 11.3 Å². The van der Waals surface area contributed by atoms with Gasteiger partial charge in [0, 0.05) is 21.7 Å². The molecule has 17 heavy (non-hydrogen) atoms. The van der Waals surface area contributed by atoms with E-state index < -0.39 is 0 Å². The van der Waals surface area contributed by atoms with E-state index in [1.54, 1.807) is 11.3 Å². The molecule has 2 rings (SSSR count). The minimum absolute atomic E-state index is 0.585. The standard InChI is InChI=1S/C14H17NOS/c1-2-3-8-16-10-12-11-6-4-5-7-13(11)17-14(12)9-15/h2-7H,8-10,15H2,1H3/b3-2+. The summed E-state index contributed by atoms with van der Waals surface area (Å²) in [6.45, 7) is 3.88. The number of benzene rings is 1. The van der Waals surface area contributed by atoms with Gasteiger partial charge in [-0.25, -0.2) is 0 Å². The van der Waals surface area contributed by atoms with Crippen molar-refractivity contribution in [3.8, 4) is 0 Å². The third-order valence-electron chi connectivity index (χ3n) is 2.66. The maximum absolute atomic E-state index is 5.79. The summed E-state index contributed by atoms with van der Waals surface area (Å²) in [5.74, 6) is 0. The number of rotatable bonds is 5. The van der Waals surface area contributed by atoms with Crippen LogP contribution in [0.4, 0.5) is 0 Å². The predicted molar refractivity (Wildman–Crippen MR) is 74.2 cm³/mol. The number of allylic oxidation sites excluding steroid dienone is 1. The summed E-state index contributed by atoms with van der Waals surface area (Å²) in [5, 5.41) is 1.28. The van der Waals surface area contributed by atoms with Crippen molar-refractivity contribution < 1.29 is 4.74 Å². The van der Waals surface area contributed by atoms with Crippen LogP contribution in [0.5, 0.6) is 0 Å². The van der Waals surface area contributed by atoms with Crippen molar-refractivity contribution in [3.05, 3.63) is 46.9 Å². The van der Waals surface area contributed by atoms with Crippen LogP contribution >= 0.6 is 11.3 Å². The van der Waals surface area contributed by atoms with Crippen LogP contribution in [-0.2, 0) is 17.9 Å². The molecule has 2 nitrogen and oxygen atoms in total. The van der Waals surface area contributed by atoms with Crippen LogP contribution in [0.25, 0.3) is 10.1 Å². The number of hydrogen-bond acceptors (Lipinski definition) is 3. The van der Waals surface area contributed by atoms with Gasteiger partial charge in [0.2, 0.25) is 0 Å². The summed E-state index contributed by atoms with van der Waals surface area (Å²) >= 11 is 1.76. The molecule has 0 saturated heterocycles. The summed E-state index contributed by atoms with van der Waals surface area (Å²) in [7, 11) is 0. The fourth-order valence-electron chi connectivity index (χ4n) is 1.80. The highest BCUT2D eigenvalue weighted by molar-refractivity contribution is 7.19. The van der Waals surface area contributed by atoms with Crippen molar-refractivity contribution in [2.75, 3.05) is 6.61 Å². The average molecular weight is 247 g/mol. The van der Waals surface area contributed by atoms with Crippen LogP contribution < -0.4 is 5.73 Å². The van der Waals surface area contributed by atoms with Gasteiger partial charge in [0.05, 0.1) is 13.2 Å². The lowest BCUT2D eigenvalue weighted by molar-refractivity contribution is 0.149. The van der Waals surface area contributed by atoms with Crippen molar-refractivity contribution in [3.63, 3.8) is 0 Å². The van der Waals surface area contributed by atoms with Gasteiger partial charge in [-0.2, -0.15) is 0 Å². The Labute approximate surface area is 106 Å². The third-order valence-corrected chi connectivity index (χ3v) is 3.90. The second-order valence-corrected chi connectivity index (χ2v) is 4.92. The van der Waals surface area contributed by atoms with E-state index in [9.17, 15) is 0 Å². The highest BCUT2D eigenvalue weighted by Crippen LogP contribution is 2.31. The number of fused-ring (bicyclic) bond motifs is 1. The van der Waals surface area contributed by atoms with E-state index in [0.29, 0.717) is 19.8 Å². The zero-order valence-electron chi connectivity index (χ0n) is 9.98. The Morgan fingerprint density at radius 2 is 2.18 bits per heavy atom. The quantitative estimate of drug-likeness (QED) is 0.648. The molecule has 2 aromatic rings. The summed E-state index contributed by atoms with van der Waals surface area (Å²) in [6, 6.07) is 8.39. The molecule has 1 heterocycles. The Hall–Kier alpha value is -1.16. The van der Waals surface area contributed by atoms with Gasteiger partial charge in [0.25, 0.3) is 0 Å². The molecule has 1 aromatic heterocycles. The first kappa shape index (κ1) is 12.3. The van der Waals surface area contributed by atoms with Gasteiger partial charge in [-0.05, 0) is 18.4 Å². The van der Waals surface area contributed by atoms with Crippen molar-refractivity contribution in [2.24, 2.45) is 5.73 Å². The molecule has 3 heteroatoms. The summed E-state index contributed by atoms with van der Waals surface area (Å²) in [4.78, 5) is 1.23. The lowest BCUT2D eigenvalue weighted by atomic mass is 10.1. The Morgan fingerprint density at radius 1 is 1.35 bits per heavy atom. The molecule has 0 amide bonds. The van der Waals surface area contributed by atoms with Gasteiger partial charge in [-0.1, -0.05) is 30.4 Å². The second kappa shape index (κ2) is 5.96. The van der Waals surface area contributed by atoms with E-state index in [0.717, 1.165) is 0 Å². The highest BCUT2D eigenvalue weighted by atomic mass is 32.1. The van der Waals surface area contributed by atoms with E-state index in [1.165, 1.54) is 20.5 Å². The minimum atomic E-state index is 0.585. The number of thiophene rings is 1. The molecule has 0 unspecified atom stereocenters. The smallest absolute Gasteiger partial charge is 0.0738 e. The van der Waals surface area contributed by atoms with Gasteiger partial charge < -0.3 is 10.5 Å². The normalized spacial score (nSPS) is 11.6. The second-order valence-electron chi connectivity index (χ2n) is 3.79. The van der Waals surface area contributed by atoms with Crippen LogP contribution in [0.2, 0.25) is 0 Å². The van der Waals surface area contributed by atoms with E-state index in [1.807, 2.05) is 19.1 Å². The zero-order valence-corrected chi connectivity index (χ0v) is 10.8. The Bertz CT molecular complexity index is 516. The van der Waals surface area contributed by atoms with Crippen LogP contribution in [0, 0.1) is 0 Å². The molecule has 0 atom stereocenters. The fraction of sp³-hybridized carbons (Fsp3) is 0.286. The van der Waals surface area contributed by atoms with Crippen LogP contribution in [0.3, 0.4) is 0 Å². The molecule has 0 aliphatic rings. The minimum Gasteiger partial charge on any atom is -0.373 e. The van der Waals surface area contributed by atoms with E-state index in [4.69, 9.17) is 10.5 Å². The molecule has 0 bridgehead atoms. The Balaban J connectivity index is 2.24. The molecule has 0 spiro atoms. The molecule has 0 fully saturated rings. The SMILES string of the molecule is C/C=C/COCc1c(CN)sc2ccccc12. The van der Waals surface area contributed by atoms with Gasteiger partial charge in [0.15, 0.2) is 0 Å². The number of nitrogens with two attached hydrogens (primary N) is 1. The van der Waals surface area contributed by atoms with Gasteiger partial charge >= 0.3 is 0 Å². The highest BCUT2D eigenvalue weighted by Gasteiger charge is 2.10. The molecule has 0 radical (unpaired) electrons. The molecule has 1 aromatic carbocycles. The van der Waals surface area contributed by atoms with E-state index >= 15 is 0 Å². The van der Waals surface area contributed by atoms with Gasteiger partial charge in [0.1, 0.15) is 0 Å². The average Bonchev–Trinajstić information content (AvgIpc) is 2.73. The first-order valence-electron chi connectivity index (χ1n) is 5.75. The van der Waals surface area contributed by atoms with Gasteiger partial charge in [-0.3, -0.25) is 0 Å². The van der Waals surface area contributed by atoms with E-state index in [-0.39, 0.29) is 0 Å². The molecule has 0 aliphatic carbocycles. The topological polar surface area (TPSA) is 35.2 Å². The lowest BCUT2D eigenvalue weighted by Gasteiger charge is -2.03. The summed E-state index contributed by atoms with van der Waals surface area (Å²) < 4.78 is 6.92. The Kier molecular flexibility index (Phi) is 4.31. The molecular formula is C14H17NOS. The predicted octanol–water partition coefficient (Wildman–Crippen LogP) is 3.45. The largest absolute Gasteiger partial charge is 0.373 e. The lowest BCUT2D eigenvalue weighted by Crippen LogP contribution is -2.00. The first-order valence-corrected chi connectivity index (χ1v) is 6.56. The van der Waals surface area contributed by atoms with Crippen molar-refractivity contribution in [1.82, 2.24) is 0 Å². The zero-order chi connectivity index (χ0) is 12.1. The van der Waals surface area contributed by atoms with Crippen LogP contribution in [-0.4, -0.2) is 6.61 Å². The maximum Gasteiger partial charge on any atom is 0.0738 e.